The molecule has 24 nitrogen and oxygen atoms in total. The molecule has 4 amide bonds. The Bertz CT molecular complexity index is 3030. The largest absolute Gasteiger partial charge is 0.356 e. The standard InChI is InChI=1S/C30H53N3O6.C30H59N3O3.C25H51N3O2.C20H40N2O2/c1-17(2)25(34)14-11-23(29(38)19(5)6)32-27(36)16-13-24(30(39)20(7)8)33-26(35)15-12-22(31-21(9)10)28(37)18(3)4;1-22(2)15-9-10-18-29(35)32-20-14-12-17-27(33-25(7)8)28(34)21-26(30(36)23(3)4)16-11-13-19-31-24(5)6;1-18(2)25(30)22(13-9-11-15-26-19(3)4)17-24(29)23(28-21(7)8)14-10-12-16-27-20(5)6;1-15(2)11-7-8-13-19(23)21-14-10-9-12-18(22-17(5)6)20(24)16(3)4/h17-24,31H,11-16H2,1-10H3,(H,32,36)(H,33,35);22-27,31,33H,9-21H2,1-8H3,(H,32,35);18-23,26-28H,9-17H2,1-8H3;15-18,22H,7-14H2,1-6H3,(H,21,23). The fraction of sp³-hybridized carbons (Fsp3) is 0.876. The molecule has 0 aliphatic rings. The van der Waals surface area contributed by atoms with Crippen LogP contribution in [0.15, 0.2) is 0 Å². The minimum Gasteiger partial charge on any atom is -0.356 e. The summed E-state index contributed by atoms with van der Waals surface area (Å²) in [5.41, 5.74) is 0. The van der Waals surface area contributed by atoms with E-state index in [0.29, 0.717) is 81.2 Å². The second kappa shape index (κ2) is 77.9. The summed E-state index contributed by atoms with van der Waals surface area (Å²) in [6.45, 7) is 68.1. The molecular formula is C105H203N11O13. The van der Waals surface area contributed by atoms with Crippen LogP contribution in [-0.4, -0.2) is 187 Å². The van der Waals surface area contributed by atoms with Gasteiger partial charge in [-0.25, -0.2) is 0 Å². The van der Waals surface area contributed by atoms with Gasteiger partial charge in [0.2, 0.25) is 23.6 Å². The van der Waals surface area contributed by atoms with Crippen LogP contribution in [0.1, 0.15) is 421 Å². The molecule has 8 unspecified atom stereocenters. The van der Waals surface area contributed by atoms with Crippen LogP contribution in [0.25, 0.3) is 0 Å². The molecule has 0 heterocycles. The summed E-state index contributed by atoms with van der Waals surface area (Å²) >= 11 is 0. The lowest BCUT2D eigenvalue weighted by Crippen LogP contribution is -2.46. The molecule has 756 valence electrons. The smallest absolute Gasteiger partial charge is 0.220 e. The number of ketones is 9. The molecule has 24 heteroatoms. The van der Waals surface area contributed by atoms with Gasteiger partial charge in [0.1, 0.15) is 28.9 Å². The number of nitrogens with one attached hydrogen (secondary N) is 11. The van der Waals surface area contributed by atoms with Crippen LogP contribution in [0, 0.1) is 65.1 Å². The molecular weight excluding hydrogens is 1620 g/mol. The molecule has 0 aromatic carbocycles. The van der Waals surface area contributed by atoms with Crippen molar-refractivity contribution in [1.82, 2.24) is 58.5 Å². The van der Waals surface area contributed by atoms with Crippen molar-refractivity contribution >= 4 is 75.7 Å². The van der Waals surface area contributed by atoms with Gasteiger partial charge >= 0.3 is 0 Å². The van der Waals surface area contributed by atoms with Gasteiger partial charge < -0.3 is 58.5 Å². The van der Waals surface area contributed by atoms with Gasteiger partial charge in [-0.15, -0.1) is 0 Å². The van der Waals surface area contributed by atoms with E-state index >= 15 is 0 Å². The van der Waals surface area contributed by atoms with Gasteiger partial charge in [0.25, 0.3) is 0 Å². The SMILES string of the molecule is CC(C)CCCCC(=O)NCCCCC(NC(C)C)C(=O)C(C)C.CC(C)CCCCC(=O)NCCCCC(NC(C)C)C(=O)CC(CCCCNC(C)C)C(=O)C(C)C.CC(C)NC(CCC(=O)NC(CCC(=O)NC(CCC(=O)C(C)C)C(=O)C(C)C)C(=O)C(C)C)C(=O)C(C)C.CC(C)NCCCCC(CC(=O)C(CCCCNC(C)C)NC(C)C)C(=O)C(C)C. The van der Waals surface area contributed by atoms with Gasteiger partial charge in [-0.3, -0.25) is 62.3 Å². The molecule has 11 N–H and O–H groups in total. The van der Waals surface area contributed by atoms with Crippen LogP contribution in [-0.2, 0) is 62.3 Å². The number of hydrogen-bond acceptors (Lipinski definition) is 20. The predicted octanol–water partition coefficient (Wildman–Crippen LogP) is 18.0. The minimum atomic E-state index is -0.859. The molecule has 0 aliphatic heterocycles. The first-order valence-corrected chi connectivity index (χ1v) is 51.4. The third-order valence-electron chi connectivity index (χ3n) is 22.6. The Morgan fingerprint density at radius 3 is 0.721 bits per heavy atom. The third-order valence-corrected chi connectivity index (χ3v) is 22.6. The van der Waals surface area contributed by atoms with E-state index in [1.165, 1.54) is 12.8 Å². The summed E-state index contributed by atoms with van der Waals surface area (Å²) in [6, 6.07) is -0.252. The fourth-order valence-corrected chi connectivity index (χ4v) is 15.1. The van der Waals surface area contributed by atoms with Gasteiger partial charge in [-0.2, -0.15) is 0 Å². The lowest BCUT2D eigenvalue weighted by atomic mass is 9.85. The van der Waals surface area contributed by atoms with Crippen molar-refractivity contribution in [2.45, 2.75) is 499 Å². The quantitative estimate of drug-likeness (QED) is 0.0252. The Balaban J connectivity index is -0.000000819. The van der Waals surface area contributed by atoms with Gasteiger partial charge in [0.15, 0.2) is 23.1 Å². The average Bonchev–Trinajstić information content (AvgIpc) is 0.835. The van der Waals surface area contributed by atoms with Crippen molar-refractivity contribution < 1.29 is 62.3 Å². The molecule has 0 aromatic heterocycles. The molecule has 0 aliphatic carbocycles. The number of rotatable bonds is 76. The molecule has 0 spiro atoms. The van der Waals surface area contributed by atoms with Crippen LogP contribution in [0.2, 0.25) is 0 Å². The zero-order valence-corrected chi connectivity index (χ0v) is 88.6. The molecule has 129 heavy (non-hydrogen) atoms. The van der Waals surface area contributed by atoms with Crippen LogP contribution in [0.4, 0.5) is 0 Å². The number of unbranched alkanes of at least 4 members (excludes halogenated alkanes) is 7. The Morgan fingerprint density at radius 1 is 0.194 bits per heavy atom. The molecule has 0 aromatic rings. The third kappa shape index (κ3) is 73.7. The van der Waals surface area contributed by atoms with Crippen LogP contribution in [0.3, 0.4) is 0 Å². The molecule has 0 saturated heterocycles. The maximum atomic E-state index is 13.3. The van der Waals surface area contributed by atoms with E-state index in [4.69, 9.17) is 0 Å². The van der Waals surface area contributed by atoms with Crippen molar-refractivity contribution in [2.24, 2.45) is 65.1 Å². The number of hydrogen-bond donors (Lipinski definition) is 11. The van der Waals surface area contributed by atoms with E-state index in [1.807, 2.05) is 69.2 Å². The molecule has 0 bridgehead atoms. The summed E-state index contributed by atoms with van der Waals surface area (Å²) in [4.78, 5) is 164. The number of carbonyl (C=O) groups excluding carboxylic acids is 13. The lowest BCUT2D eigenvalue weighted by molar-refractivity contribution is -0.132. The van der Waals surface area contributed by atoms with Crippen LogP contribution < -0.4 is 58.5 Å². The Labute approximate surface area is 789 Å². The lowest BCUT2D eigenvalue weighted by Gasteiger charge is -2.24. The topological polar surface area (TPSA) is 354 Å². The molecule has 0 saturated carbocycles. The zero-order chi connectivity index (χ0) is 99.6. The van der Waals surface area contributed by atoms with E-state index in [0.717, 1.165) is 142 Å². The monoisotopic (exact) mass is 1830 g/mol. The molecule has 0 radical (unpaired) electrons. The second-order valence-electron chi connectivity index (χ2n) is 41.8. The molecule has 8 atom stereocenters. The first-order chi connectivity index (χ1) is 60.2. The maximum absolute atomic E-state index is 13.3. The number of Topliss-reactive ketones (excluding diaryl/α,β-unsaturated/α-hetero) is 9. The Hall–Kier alpha value is -5.37. The van der Waals surface area contributed by atoms with Crippen LogP contribution >= 0.6 is 0 Å². The fourth-order valence-electron chi connectivity index (χ4n) is 15.1. The van der Waals surface area contributed by atoms with Crippen molar-refractivity contribution in [3.63, 3.8) is 0 Å². The molecule has 0 rings (SSSR count). The maximum Gasteiger partial charge on any atom is 0.220 e. The number of carbonyl (C=O) groups is 13. The highest BCUT2D eigenvalue weighted by Crippen LogP contribution is 2.25. The minimum absolute atomic E-state index is 0.0183. The highest BCUT2D eigenvalue weighted by molar-refractivity contribution is 5.94. The van der Waals surface area contributed by atoms with E-state index in [-0.39, 0.29) is 191 Å². The summed E-state index contributed by atoms with van der Waals surface area (Å²) in [6.07, 6.45) is 23.0. The summed E-state index contributed by atoms with van der Waals surface area (Å²) < 4.78 is 0. The van der Waals surface area contributed by atoms with Crippen molar-refractivity contribution in [3.8, 4) is 0 Å². The van der Waals surface area contributed by atoms with Gasteiger partial charge in [-0.05, 0) is 141 Å². The number of amides is 4. The van der Waals surface area contributed by atoms with E-state index in [9.17, 15) is 62.3 Å². The highest BCUT2D eigenvalue weighted by Gasteiger charge is 2.33. The van der Waals surface area contributed by atoms with Crippen molar-refractivity contribution in [1.29, 1.82) is 0 Å². The van der Waals surface area contributed by atoms with Gasteiger partial charge in [-0.1, -0.05) is 267 Å². The second-order valence-corrected chi connectivity index (χ2v) is 41.8. The normalized spacial score (nSPS) is 13.7. The highest BCUT2D eigenvalue weighted by atomic mass is 16.2. The van der Waals surface area contributed by atoms with Gasteiger partial charge in [0.05, 0.1) is 36.3 Å². The van der Waals surface area contributed by atoms with Gasteiger partial charge in [0, 0.05) is 154 Å². The predicted molar refractivity (Wildman–Crippen MR) is 536 cm³/mol. The van der Waals surface area contributed by atoms with E-state index in [1.54, 1.807) is 41.5 Å². The summed E-state index contributed by atoms with van der Waals surface area (Å²) in [5.74, 6) is 0.405. The average molecular weight is 1830 g/mol. The first kappa shape index (κ1) is 130. The first-order valence-electron chi connectivity index (χ1n) is 51.4. The van der Waals surface area contributed by atoms with Crippen molar-refractivity contribution in [2.75, 3.05) is 32.7 Å². The summed E-state index contributed by atoms with van der Waals surface area (Å²) in [7, 11) is 0. The molecule has 0 fully saturated rings. The van der Waals surface area contributed by atoms with E-state index in [2.05, 4.69) is 169 Å². The zero-order valence-electron chi connectivity index (χ0n) is 88.6. The summed E-state index contributed by atoms with van der Waals surface area (Å²) in [5, 5.41) is 35.2. The van der Waals surface area contributed by atoms with Crippen molar-refractivity contribution in [3.05, 3.63) is 0 Å². The van der Waals surface area contributed by atoms with E-state index < -0.39 is 24.0 Å². The van der Waals surface area contributed by atoms with Crippen LogP contribution in [0.5, 0.6) is 0 Å². The Kier molecular flexibility index (Phi) is 78.4. The Morgan fingerprint density at radius 2 is 0.442 bits per heavy atom.